The summed E-state index contributed by atoms with van der Waals surface area (Å²) in [6.45, 7) is 7.12. The number of nitrogens with zero attached hydrogens (tertiary/aromatic N) is 3. The Kier molecular flexibility index (Phi) is 6.95. The largest absolute Gasteiger partial charge is 0.336 e. The first-order valence-electron chi connectivity index (χ1n) is 13.7. The molecular formula is C35H33N3O. The van der Waals surface area contributed by atoms with E-state index in [4.69, 9.17) is 4.98 Å². The molecule has 39 heavy (non-hydrogen) atoms. The van der Waals surface area contributed by atoms with Gasteiger partial charge in [0.25, 0.3) is 5.91 Å². The number of carbonyl (C=O) groups is 1. The molecule has 0 saturated carbocycles. The highest BCUT2D eigenvalue weighted by Gasteiger charge is 2.30. The van der Waals surface area contributed by atoms with Crippen LogP contribution in [0.3, 0.4) is 0 Å². The van der Waals surface area contributed by atoms with Gasteiger partial charge in [-0.2, -0.15) is 0 Å². The van der Waals surface area contributed by atoms with E-state index in [0.29, 0.717) is 13.1 Å². The lowest BCUT2D eigenvalue weighted by atomic mass is 9.95. The second-order valence-corrected chi connectivity index (χ2v) is 10.4. The van der Waals surface area contributed by atoms with E-state index in [1.165, 1.54) is 16.7 Å². The summed E-state index contributed by atoms with van der Waals surface area (Å²) in [6.07, 6.45) is 0. The fourth-order valence-corrected chi connectivity index (χ4v) is 5.80. The van der Waals surface area contributed by atoms with Gasteiger partial charge in [-0.05, 0) is 36.6 Å². The Bertz CT molecular complexity index is 1550. The van der Waals surface area contributed by atoms with E-state index < -0.39 is 0 Å². The Morgan fingerprint density at radius 1 is 0.692 bits per heavy atom. The van der Waals surface area contributed by atoms with Crippen molar-refractivity contribution in [3.63, 3.8) is 0 Å². The van der Waals surface area contributed by atoms with E-state index in [-0.39, 0.29) is 11.9 Å². The van der Waals surface area contributed by atoms with Crippen LogP contribution in [-0.4, -0.2) is 46.9 Å². The van der Waals surface area contributed by atoms with Crippen LogP contribution in [0.1, 0.15) is 38.7 Å². The lowest BCUT2D eigenvalue weighted by Gasteiger charge is -2.40. The van der Waals surface area contributed by atoms with Gasteiger partial charge < -0.3 is 4.90 Å². The Balaban J connectivity index is 1.31. The summed E-state index contributed by atoms with van der Waals surface area (Å²) in [6, 6.07) is 37.9. The van der Waals surface area contributed by atoms with E-state index in [0.717, 1.165) is 46.4 Å². The molecule has 0 radical (unpaired) electrons. The summed E-state index contributed by atoms with van der Waals surface area (Å²) < 4.78 is 0. The highest BCUT2D eigenvalue weighted by molar-refractivity contribution is 6.09. The topological polar surface area (TPSA) is 36.4 Å². The van der Waals surface area contributed by atoms with Crippen LogP contribution in [0.5, 0.6) is 0 Å². The molecule has 5 aromatic rings. The van der Waals surface area contributed by atoms with Gasteiger partial charge >= 0.3 is 0 Å². The molecule has 0 atom stereocenters. The number of aryl methyl sites for hydroxylation is 1. The molecule has 1 fully saturated rings. The molecule has 4 aromatic carbocycles. The number of hydrogen-bond donors (Lipinski definition) is 0. The lowest BCUT2D eigenvalue weighted by Crippen LogP contribution is -2.50. The molecule has 0 N–H and O–H groups in total. The molecule has 0 aliphatic carbocycles. The SMILES string of the molecule is Cc1ccc(-c2nc3ccccc3c(C(=O)N3CCN(C(c4ccccc4)c4ccccc4)CC3)c2C)cc1. The van der Waals surface area contributed by atoms with Crippen LogP contribution in [0.15, 0.2) is 109 Å². The minimum atomic E-state index is 0.0927. The van der Waals surface area contributed by atoms with Gasteiger partial charge in [-0.25, -0.2) is 4.98 Å². The van der Waals surface area contributed by atoms with Gasteiger partial charge in [0, 0.05) is 37.1 Å². The summed E-state index contributed by atoms with van der Waals surface area (Å²) in [5.74, 6) is 0.0927. The van der Waals surface area contributed by atoms with Crippen molar-refractivity contribution in [2.24, 2.45) is 0 Å². The van der Waals surface area contributed by atoms with Crippen molar-refractivity contribution in [1.29, 1.82) is 0 Å². The first kappa shape index (κ1) is 25.0. The Morgan fingerprint density at radius 3 is 1.87 bits per heavy atom. The lowest BCUT2D eigenvalue weighted by molar-refractivity contribution is 0.0598. The molecule has 0 bridgehead atoms. The van der Waals surface area contributed by atoms with Gasteiger partial charge in [-0.15, -0.1) is 0 Å². The zero-order chi connectivity index (χ0) is 26.8. The van der Waals surface area contributed by atoms with Crippen LogP contribution in [0, 0.1) is 13.8 Å². The van der Waals surface area contributed by atoms with Crippen molar-refractivity contribution in [2.45, 2.75) is 19.9 Å². The van der Waals surface area contributed by atoms with Gasteiger partial charge in [-0.3, -0.25) is 9.69 Å². The third kappa shape index (κ3) is 4.96. The number of para-hydroxylation sites is 1. The van der Waals surface area contributed by atoms with Crippen LogP contribution >= 0.6 is 0 Å². The second-order valence-electron chi connectivity index (χ2n) is 10.4. The summed E-state index contributed by atoms with van der Waals surface area (Å²) in [5.41, 5.74) is 8.25. The average molecular weight is 512 g/mol. The van der Waals surface area contributed by atoms with Crippen molar-refractivity contribution < 1.29 is 4.79 Å². The van der Waals surface area contributed by atoms with Gasteiger partial charge in [0.15, 0.2) is 0 Å². The smallest absolute Gasteiger partial charge is 0.254 e. The van der Waals surface area contributed by atoms with Gasteiger partial charge in [0.05, 0.1) is 22.8 Å². The van der Waals surface area contributed by atoms with Crippen LogP contribution in [0.2, 0.25) is 0 Å². The second kappa shape index (κ2) is 10.8. The maximum absolute atomic E-state index is 14.2. The molecular weight excluding hydrogens is 478 g/mol. The molecule has 4 heteroatoms. The molecule has 1 amide bonds. The zero-order valence-corrected chi connectivity index (χ0v) is 22.5. The maximum Gasteiger partial charge on any atom is 0.254 e. The highest BCUT2D eigenvalue weighted by atomic mass is 16.2. The molecule has 1 aliphatic heterocycles. The third-order valence-electron chi connectivity index (χ3n) is 7.87. The van der Waals surface area contributed by atoms with Crippen molar-refractivity contribution in [3.05, 3.63) is 137 Å². The molecule has 194 valence electrons. The number of hydrogen-bond acceptors (Lipinski definition) is 3. The molecule has 1 aromatic heterocycles. The third-order valence-corrected chi connectivity index (χ3v) is 7.87. The van der Waals surface area contributed by atoms with Crippen LogP contribution in [0.4, 0.5) is 0 Å². The Morgan fingerprint density at radius 2 is 1.26 bits per heavy atom. The standard InChI is InChI=1S/C35H33N3O/c1-25-17-19-27(20-18-25)33-26(2)32(30-15-9-10-16-31(30)36-33)35(39)38-23-21-37(22-24-38)34(28-11-5-3-6-12-28)29-13-7-4-8-14-29/h3-20,34H,21-24H2,1-2H3. The van der Waals surface area contributed by atoms with Gasteiger partial charge in [0.1, 0.15) is 0 Å². The van der Waals surface area contributed by atoms with Crippen molar-refractivity contribution in [3.8, 4) is 11.3 Å². The molecule has 4 nitrogen and oxygen atoms in total. The summed E-state index contributed by atoms with van der Waals surface area (Å²) in [7, 11) is 0. The average Bonchev–Trinajstić information content (AvgIpc) is 2.99. The number of carbonyl (C=O) groups excluding carboxylic acids is 1. The molecule has 2 heterocycles. The molecule has 1 aliphatic rings. The van der Waals surface area contributed by atoms with Gasteiger partial charge in [-0.1, -0.05) is 109 Å². The normalized spacial score (nSPS) is 14.2. The molecule has 0 spiro atoms. The van der Waals surface area contributed by atoms with E-state index >= 15 is 0 Å². The quantitative estimate of drug-likeness (QED) is 0.253. The number of pyridine rings is 1. The van der Waals surface area contributed by atoms with E-state index in [2.05, 4.69) is 96.8 Å². The number of fused-ring (bicyclic) bond motifs is 1. The van der Waals surface area contributed by atoms with Crippen molar-refractivity contribution in [1.82, 2.24) is 14.8 Å². The fraction of sp³-hybridized carbons (Fsp3) is 0.200. The number of benzene rings is 4. The first-order valence-corrected chi connectivity index (χ1v) is 13.7. The minimum absolute atomic E-state index is 0.0927. The van der Waals surface area contributed by atoms with Crippen LogP contribution in [-0.2, 0) is 0 Å². The maximum atomic E-state index is 14.2. The van der Waals surface area contributed by atoms with Gasteiger partial charge in [0.2, 0.25) is 0 Å². The minimum Gasteiger partial charge on any atom is -0.336 e. The summed E-state index contributed by atoms with van der Waals surface area (Å²) in [5, 5.41) is 0.921. The highest BCUT2D eigenvalue weighted by Crippen LogP contribution is 2.33. The predicted octanol–water partition coefficient (Wildman–Crippen LogP) is 7.07. The van der Waals surface area contributed by atoms with Crippen molar-refractivity contribution in [2.75, 3.05) is 26.2 Å². The Labute approximate surface area is 230 Å². The summed E-state index contributed by atoms with van der Waals surface area (Å²) in [4.78, 5) is 23.7. The zero-order valence-electron chi connectivity index (χ0n) is 22.5. The predicted molar refractivity (Wildman–Crippen MR) is 159 cm³/mol. The summed E-state index contributed by atoms with van der Waals surface area (Å²) >= 11 is 0. The number of aromatic nitrogens is 1. The number of amides is 1. The first-order chi connectivity index (χ1) is 19.1. The van der Waals surface area contributed by atoms with E-state index in [1.54, 1.807) is 0 Å². The van der Waals surface area contributed by atoms with E-state index in [1.807, 2.05) is 36.1 Å². The monoisotopic (exact) mass is 511 g/mol. The fourth-order valence-electron chi connectivity index (χ4n) is 5.80. The number of rotatable bonds is 5. The van der Waals surface area contributed by atoms with Crippen molar-refractivity contribution >= 4 is 16.8 Å². The molecule has 1 saturated heterocycles. The number of piperazine rings is 1. The van der Waals surface area contributed by atoms with E-state index in [9.17, 15) is 4.79 Å². The molecule has 6 rings (SSSR count). The Hall–Kier alpha value is -4.28. The van der Waals surface area contributed by atoms with Crippen LogP contribution in [0.25, 0.3) is 22.2 Å². The molecule has 0 unspecified atom stereocenters. The van der Waals surface area contributed by atoms with Crippen LogP contribution < -0.4 is 0 Å².